The number of fused-ring (bicyclic) bond motifs is 1. The molecular weight excluding hydrogens is 420 g/mol. The molecule has 8 heteroatoms. The maximum atomic E-state index is 11.6. The van der Waals surface area contributed by atoms with Crippen molar-refractivity contribution in [2.75, 3.05) is 37.4 Å². The Morgan fingerprint density at radius 2 is 1.97 bits per heavy atom. The van der Waals surface area contributed by atoms with Crippen molar-refractivity contribution in [2.24, 2.45) is 0 Å². The highest BCUT2D eigenvalue weighted by Gasteiger charge is 2.21. The fourth-order valence-electron chi connectivity index (χ4n) is 4.07. The largest absolute Gasteiger partial charge is 0.493 e. The van der Waals surface area contributed by atoms with Crippen LogP contribution < -0.4 is 20.1 Å². The minimum absolute atomic E-state index is 0.0216. The summed E-state index contributed by atoms with van der Waals surface area (Å²) in [5.74, 6) is 1.54. The van der Waals surface area contributed by atoms with Gasteiger partial charge in [0.25, 0.3) is 6.01 Å². The third-order valence-electron chi connectivity index (χ3n) is 5.84. The van der Waals surface area contributed by atoms with Crippen molar-refractivity contribution in [3.05, 3.63) is 42.0 Å². The lowest BCUT2D eigenvalue weighted by molar-refractivity contribution is -0.115. The Labute approximate surface area is 194 Å². The molecule has 1 aliphatic rings. The van der Waals surface area contributed by atoms with Gasteiger partial charge in [-0.15, -0.1) is 0 Å². The van der Waals surface area contributed by atoms with E-state index in [1.165, 1.54) is 5.56 Å². The van der Waals surface area contributed by atoms with Crippen LogP contribution in [0, 0.1) is 0 Å². The summed E-state index contributed by atoms with van der Waals surface area (Å²) >= 11 is 0. The molecule has 2 heterocycles. The van der Waals surface area contributed by atoms with Gasteiger partial charge >= 0.3 is 0 Å². The van der Waals surface area contributed by atoms with Crippen LogP contribution in [0.3, 0.4) is 0 Å². The third kappa shape index (κ3) is 5.76. The van der Waals surface area contributed by atoms with Crippen LogP contribution in [0.2, 0.25) is 0 Å². The zero-order valence-electron chi connectivity index (χ0n) is 19.5. The van der Waals surface area contributed by atoms with E-state index in [9.17, 15) is 4.79 Å². The lowest BCUT2D eigenvalue weighted by Gasteiger charge is -2.32. The zero-order valence-corrected chi connectivity index (χ0v) is 19.5. The molecule has 2 N–H and O–H groups in total. The van der Waals surface area contributed by atoms with Crippen molar-refractivity contribution in [3.8, 4) is 11.5 Å². The van der Waals surface area contributed by atoms with Gasteiger partial charge in [-0.05, 0) is 55.7 Å². The Morgan fingerprint density at radius 1 is 1.15 bits per heavy atom. The fourth-order valence-corrected chi connectivity index (χ4v) is 4.07. The predicted octanol–water partition coefficient (Wildman–Crippen LogP) is 4.66. The van der Waals surface area contributed by atoms with E-state index in [0.717, 1.165) is 55.2 Å². The minimum atomic E-state index is -0.0216. The molecule has 1 saturated heterocycles. The molecule has 1 amide bonds. The van der Waals surface area contributed by atoms with E-state index in [0.29, 0.717) is 30.7 Å². The maximum absolute atomic E-state index is 11.6. The van der Waals surface area contributed by atoms with Gasteiger partial charge in [-0.2, -0.15) is 4.98 Å². The normalized spacial score (nSPS) is 14.9. The number of anilines is 2. The van der Waals surface area contributed by atoms with Crippen molar-refractivity contribution < 1.29 is 18.7 Å². The number of likely N-dealkylation sites (tertiary alicyclic amines) is 1. The number of rotatable bonds is 9. The lowest BCUT2D eigenvalue weighted by Crippen LogP contribution is -2.38. The molecule has 4 rings (SSSR count). The number of carbonyl (C=O) groups is 1. The van der Waals surface area contributed by atoms with Gasteiger partial charge in [0, 0.05) is 37.8 Å². The molecule has 1 aromatic heterocycles. The molecule has 0 saturated carbocycles. The van der Waals surface area contributed by atoms with Gasteiger partial charge in [0.15, 0.2) is 17.1 Å². The van der Waals surface area contributed by atoms with E-state index in [4.69, 9.17) is 13.9 Å². The van der Waals surface area contributed by atoms with Crippen molar-refractivity contribution in [1.29, 1.82) is 0 Å². The summed E-state index contributed by atoms with van der Waals surface area (Å²) in [7, 11) is 1.66. The van der Waals surface area contributed by atoms with E-state index in [1.54, 1.807) is 7.11 Å². The summed E-state index contributed by atoms with van der Waals surface area (Å²) in [6, 6.07) is 12.5. The molecule has 1 fully saturated rings. The average Bonchev–Trinajstić information content (AvgIpc) is 3.22. The number of benzene rings is 2. The number of hydrogen-bond acceptors (Lipinski definition) is 7. The molecule has 0 bridgehead atoms. The van der Waals surface area contributed by atoms with Crippen LogP contribution in [-0.4, -0.2) is 48.6 Å². The van der Waals surface area contributed by atoms with Gasteiger partial charge < -0.3 is 24.5 Å². The monoisotopic (exact) mass is 452 g/mol. The Bertz CT molecular complexity index is 1090. The standard InChI is InChI=1S/C25H32N4O4/c1-4-24(30)26-19-7-9-21-20(15-19)28-25(33-21)27-18-10-12-29(13-11-18)16-17-6-8-22(31-3)23(14-17)32-5-2/h6-9,14-15,18H,4-5,10-13,16H2,1-3H3,(H,26,30)(H,27,28). The topological polar surface area (TPSA) is 88.9 Å². The van der Waals surface area contributed by atoms with Gasteiger partial charge in [0.1, 0.15) is 5.52 Å². The molecular formula is C25H32N4O4. The number of ether oxygens (including phenoxy) is 2. The number of methoxy groups -OCH3 is 1. The highest BCUT2D eigenvalue weighted by Crippen LogP contribution is 2.29. The van der Waals surface area contributed by atoms with Gasteiger partial charge in [-0.3, -0.25) is 9.69 Å². The number of hydrogen-bond donors (Lipinski definition) is 2. The molecule has 8 nitrogen and oxygen atoms in total. The van der Waals surface area contributed by atoms with E-state index in [1.807, 2.05) is 38.1 Å². The minimum Gasteiger partial charge on any atom is -0.493 e. The smallest absolute Gasteiger partial charge is 0.295 e. The predicted molar refractivity (Wildman–Crippen MR) is 129 cm³/mol. The van der Waals surface area contributed by atoms with Crippen LogP contribution in [0.5, 0.6) is 11.5 Å². The molecule has 0 unspecified atom stereocenters. The molecule has 0 spiro atoms. The number of amides is 1. The lowest BCUT2D eigenvalue weighted by atomic mass is 10.0. The second-order valence-electron chi connectivity index (χ2n) is 8.22. The summed E-state index contributed by atoms with van der Waals surface area (Å²) in [5.41, 5.74) is 3.38. The first-order valence-corrected chi connectivity index (χ1v) is 11.6. The Morgan fingerprint density at radius 3 is 2.70 bits per heavy atom. The van der Waals surface area contributed by atoms with E-state index < -0.39 is 0 Å². The number of nitrogens with one attached hydrogen (secondary N) is 2. The number of aromatic nitrogens is 1. The van der Waals surface area contributed by atoms with E-state index in [-0.39, 0.29) is 5.91 Å². The first-order valence-electron chi connectivity index (χ1n) is 11.6. The number of nitrogens with zero attached hydrogens (tertiary/aromatic N) is 2. The second-order valence-corrected chi connectivity index (χ2v) is 8.22. The summed E-state index contributed by atoms with van der Waals surface area (Å²) in [4.78, 5) is 18.6. The molecule has 0 atom stereocenters. The number of piperidine rings is 1. The first kappa shape index (κ1) is 22.9. The Balaban J connectivity index is 1.31. The number of carbonyl (C=O) groups excluding carboxylic acids is 1. The fraction of sp³-hybridized carbons (Fsp3) is 0.440. The second kappa shape index (κ2) is 10.6. The summed E-state index contributed by atoms with van der Waals surface area (Å²) < 4.78 is 17.0. The summed E-state index contributed by atoms with van der Waals surface area (Å²) in [5, 5.41) is 6.29. The van der Waals surface area contributed by atoms with Crippen LogP contribution in [0.4, 0.5) is 11.7 Å². The SMILES string of the molecule is CCOc1cc(CN2CCC(Nc3nc4cc(NC(=O)CC)ccc4o3)CC2)ccc1OC. The van der Waals surface area contributed by atoms with Gasteiger partial charge in [0.2, 0.25) is 5.91 Å². The molecule has 3 aromatic rings. The van der Waals surface area contributed by atoms with Gasteiger partial charge in [-0.1, -0.05) is 13.0 Å². The highest BCUT2D eigenvalue weighted by atomic mass is 16.5. The maximum Gasteiger partial charge on any atom is 0.295 e. The molecule has 0 radical (unpaired) electrons. The van der Waals surface area contributed by atoms with Crippen molar-refractivity contribution in [1.82, 2.24) is 9.88 Å². The van der Waals surface area contributed by atoms with Crippen molar-refractivity contribution >= 4 is 28.7 Å². The van der Waals surface area contributed by atoms with E-state index >= 15 is 0 Å². The van der Waals surface area contributed by atoms with Crippen LogP contribution in [0.15, 0.2) is 40.8 Å². The third-order valence-corrected chi connectivity index (χ3v) is 5.84. The first-order chi connectivity index (χ1) is 16.1. The van der Waals surface area contributed by atoms with Gasteiger partial charge in [0.05, 0.1) is 13.7 Å². The Kier molecular flexibility index (Phi) is 7.34. The van der Waals surface area contributed by atoms with Crippen molar-refractivity contribution in [3.63, 3.8) is 0 Å². The quantitative estimate of drug-likeness (QED) is 0.488. The van der Waals surface area contributed by atoms with Crippen LogP contribution in [0.1, 0.15) is 38.7 Å². The average molecular weight is 453 g/mol. The summed E-state index contributed by atoms with van der Waals surface area (Å²) in [6.45, 7) is 7.27. The van der Waals surface area contributed by atoms with Crippen LogP contribution in [0.25, 0.3) is 11.1 Å². The van der Waals surface area contributed by atoms with Crippen LogP contribution >= 0.6 is 0 Å². The highest BCUT2D eigenvalue weighted by molar-refractivity contribution is 5.92. The molecule has 33 heavy (non-hydrogen) atoms. The van der Waals surface area contributed by atoms with Crippen LogP contribution in [-0.2, 0) is 11.3 Å². The zero-order chi connectivity index (χ0) is 23.2. The molecule has 2 aromatic carbocycles. The molecule has 0 aliphatic carbocycles. The van der Waals surface area contributed by atoms with Gasteiger partial charge in [-0.25, -0.2) is 0 Å². The summed E-state index contributed by atoms with van der Waals surface area (Å²) in [6.07, 6.45) is 2.45. The molecule has 1 aliphatic heterocycles. The van der Waals surface area contributed by atoms with Crippen molar-refractivity contribution in [2.45, 2.75) is 45.7 Å². The molecule has 176 valence electrons. The number of oxazole rings is 1. The Hall–Kier alpha value is -3.26. The van der Waals surface area contributed by atoms with E-state index in [2.05, 4.69) is 32.7 Å².